The molecule has 2 saturated heterocycles. The normalized spacial score (nSPS) is 20.6. The number of carbonyl (C=O) groups is 2. The quantitative estimate of drug-likeness (QED) is 0.441. The molecule has 0 radical (unpaired) electrons. The summed E-state index contributed by atoms with van der Waals surface area (Å²) in [4.78, 5) is 31.0. The van der Waals surface area contributed by atoms with Crippen molar-refractivity contribution in [1.82, 2.24) is 15.1 Å². The summed E-state index contributed by atoms with van der Waals surface area (Å²) in [5.74, 6) is 1.04. The second-order valence-electron chi connectivity index (χ2n) is 10.9. The number of piperidine rings is 1. The minimum absolute atomic E-state index is 0.00608. The number of hydrogen-bond donors (Lipinski definition) is 3. The second kappa shape index (κ2) is 12.3. The van der Waals surface area contributed by atoms with E-state index in [1.165, 1.54) is 0 Å². The SMILES string of the molecule is CCCCN1C(=O)C([C@H](O)C(C)C)NC(=O)C12CCN(Cc1ccc(Oc3ccc(CO)cc3)cc1)CC2. The molecule has 2 amide bonds. The van der Waals surface area contributed by atoms with Crippen LogP contribution >= 0.6 is 0 Å². The standard InChI is InChI=1S/C30H41N3O5/c1-4-5-16-33-28(36)26(27(35)21(2)3)31-29(37)30(33)14-17-32(18-15-30)19-22-6-10-24(11-7-22)38-25-12-8-23(20-34)9-13-25/h6-13,21,26-27,34-35H,4-5,14-20H2,1-3H3,(H,31,37)/t26?,27-/m1/s1. The molecular weight excluding hydrogens is 482 g/mol. The highest BCUT2D eigenvalue weighted by Gasteiger charge is 2.54. The fourth-order valence-corrected chi connectivity index (χ4v) is 5.39. The number of likely N-dealkylation sites (tertiary alicyclic amines) is 1. The number of aliphatic hydroxyl groups excluding tert-OH is 2. The molecule has 2 heterocycles. The maximum Gasteiger partial charge on any atom is 0.248 e. The van der Waals surface area contributed by atoms with Crippen molar-refractivity contribution in [3.05, 3.63) is 59.7 Å². The lowest BCUT2D eigenvalue weighted by Gasteiger charge is -2.52. The van der Waals surface area contributed by atoms with Crippen LogP contribution in [0.5, 0.6) is 11.5 Å². The summed E-state index contributed by atoms with van der Waals surface area (Å²) in [5, 5.41) is 22.7. The van der Waals surface area contributed by atoms with Gasteiger partial charge in [-0.15, -0.1) is 0 Å². The van der Waals surface area contributed by atoms with E-state index in [2.05, 4.69) is 17.1 Å². The lowest BCUT2D eigenvalue weighted by molar-refractivity contribution is -0.165. The Bertz CT molecular complexity index is 1080. The molecule has 4 rings (SSSR count). The molecule has 2 aromatic carbocycles. The average molecular weight is 524 g/mol. The van der Waals surface area contributed by atoms with Crippen molar-refractivity contribution in [2.24, 2.45) is 5.92 Å². The molecule has 206 valence electrons. The van der Waals surface area contributed by atoms with E-state index in [-0.39, 0.29) is 24.3 Å². The Hall–Kier alpha value is -2.94. The number of benzene rings is 2. The molecule has 3 N–H and O–H groups in total. The van der Waals surface area contributed by atoms with Crippen LogP contribution < -0.4 is 10.1 Å². The van der Waals surface area contributed by atoms with E-state index in [1.807, 2.05) is 62.4 Å². The largest absolute Gasteiger partial charge is 0.457 e. The highest BCUT2D eigenvalue weighted by molar-refractivity contribution is 6.00. The highest BCUT2D eigenvalue weighted by atomic mass is 16.5. The predicted molar refractivity (Wildman–Crippen MR) is 146 cm³/mol. The number of unbranched alkanes of at least 4 members (excludes halogenated alkanes) is 1. The summed E-state index contributed by atoms with van der Waals surface area (Å²) in [6, 6.07) is 14.5. The van der Waals surface area contributed by atoms with E-state index >= 15 is 0 Å². The molecule has 2 aromatic rings. The van der Waals surface area contributed by atoms with Crippen LogP contribution in [0.15, 0.2) is 48.5 Å². The molecule has 1 spiro atoms. The van der Waals surface area contributed by atoms with E-state index in [0.717, 1.165) is 36.3 Å². The number of rotatable bonds is 10. The van der Waals surface area contributed by atoms with Crippen molar-refractivity contribution in [1.29, 1.82) is 0 Å². The molecule has 2 aliphatic rings. The van der Waals surface area contributed by atoms with Gasteiger partial charge in [0.25, 0.3) is 0 Å². The number of piperazine rings is 1. The number of aliphatic hydroxyl groups is 2. The molecule has 0 aliphatic carbocycles. The lowest BCUT2D eigenvalue weighted by atomic mass is 9.80. The lowest BCUT2D eigenvalue weighted by Crippen LogP contribution is -2.74. The van der Waals surface area contributed by atoms with Gasteiger partial charge in [0, 0.05) is 26.2 Å². The van der Waals surface area contributed by atoms with Gasteiger partial charge in [-0.3, -0.25) is 14.5 Å². The molecule has 2 fully saturated rings. The Balaban J connectivity index is 1.38. The van der Waals surface area contributed by atoms with Gasteiger partial charge >= 0.3 is 0 Å². The summed E-state index contributed by atoms with van der Waals surface area (Å²) in [6.45, 7) is 8.50. The average Bonchev–Trinajstić information content (AvgIpc) is 2.93. The molecule has 0 bridgehead atoms. The Morgan fingerprint density at radius 1 is 1.00 bits per heavy atom. The van der Waals surface area contributed by atoms with Crippen LogP contribution in [0.3, 0.4) is 0 Å². The van der Waals surface area contributed by atoms with Gasteiger partial charge in [-0.1, -0.05) is 51.5 Å². The molecule has 38 heavy (non-hydrogen) atoms. The minimum Gasteiger partial charge on any atom is -0.457 e. The van der Waals surface area contributed by atoms with Gasteiger partial charge in [0.2, 0.25) is 11.8 Å². The predicted octanol–water partition coefficient (Wildman–Crippen LogP) is 3.45. The highest BCUT2D eigenvalue weighted by Crippen LogP contribution is 2.35. The van der Waals surface area contributed by atoms with Gasteiger partial charge in [0.05, 0.1) is 12.7 Å². The van der Waals surface area contributed by atoms with Crippen molar-refractivity contribution in [3.63, 3.8) is 0 Å². The second-order valence-corrected chi connectivity index (χ2v) is 10.9. The summed E-state index contributed by atoms with van der Waals surface area (Å²) in [5.41, 5.74) is 1.14. The first-order chi connectivity index (χ1) is 18.3. The van der Waals surface area contributed by atoms with Crippen LogP contribution in [-0.4, -0.2) is 69.1 Å². The van der Waals surface area contributed by atoms with Gasteiger partial charge in [0.1, 0.15) is 23.1 Å². The van der Waals surface area contributed by atoms with Gasteiger partial charge in [-0.2, -0.15) is 0 Å². The van der Waals surface area contributed by atoms with Crippen LogP contribution in [0.25, 0.3) is 0 Å². The molecule has 2 aliphatic heterocycles. The molecule has 1 unspecified atom stereocenters. The number of hydrogen-bond acceptors (Lipinski definition) is 6. The third-order valence-corrected chi connectivity index (χ3v) is 7.87. The number of ether oxygens (including phenoxy) is 1. The number of carbonyl (C=O) groups excluding carboxylic acids is 2. The smallest absolute Gasteiger partial charge is 0.248 e. The van der Waals surface area contributed by atoms with Crippen molar-refractivity contribution in [2.45, 2.75) is 77.3 Å². The molecule has 8 heteroatoms. The van der Waals surface area contributed by atoms with Crippen molar-refractivity contribution in [3.8, 4) is 11.5 Å². The van der Waals surface area contributed by atoms with E-state index in [4.69, 9.17) is 4.74 Å². The van der Waals surface area contributed by atoms with Crippen LogP contribution in [0.2, 0.25) is 0 Å². The van der Waals surface area contributed by atoms with E-state index < -0.39 is 17.7 Å². The monoisotopic (exact) mass is 523 g/mol. The van der Waals surface area contributed by atoms with Crippen LogP contribution in [0.1, 0.15) is 57.6 Å². The maximum absolute atomic E-state index is 13.5. The number of nitrogens with one attached hydrogen (secondary N) is 1. The van der Waals surface area contributed by atoms with Gasteiger partial charge < -0.3 is 25.2 Å². The molecule has 0 saturated carbocycles. The number of amides is 2. The first-order valence-corrected chi connectivity index (χ1v) is 13.8. The van der Waals surface area contributed by atoms with E-state index in [9.17, 15) is 19.8 Å². The number of nitrogens with zero attached hydrogens (tertiary/aromatic N) is 2. The topological polar surface area (TPSA) is 102 Å². The molecule has 8 nitrogen and oxygen atoms in total. The Kier molecular flexibility index (Phi) is 9.07. The van der Waals surface area contributed by atoms with E-state index in [0.29, 0.717) is 38.2 Å². The third kappa shape index (κ3) is 6.03. The van der Waals surface area contributed by atoms with Crippen molar-refractivity contribution < 1.29 is 24.5 Å². The summed E-state index contributed by atoms with van der Waals surface area (Å²) in [6.07, 6.45) is 2.00. The van der Waals surface area contributed by atoms with Gasteiger partial charge in [-0.05, 0) is 60.6 Å². The van der Waals surface area contributed by atoms with Crippen molar-refractivity contribution in [2.75, 3.05) is 19.6 Å². The zero-order valence-corrected chi connectivity index (χ0v) is 22.7. The van der Waals surface area contributed by atoms with Crippen LogP contribution in [0.4, 0.5) is 0 Å². The van der Waals surface area contributed by atoms with Gasteiger partial charge in [-0.25, -0.2) is 0 Å². The zero-order chi connectivity index (χ0) is 27.3. The maximum atomic E-state index is 13.5. The Morgan fingerprint density at radius 2 is 1.58 bits per heavy atom. The summed E-state index contributed by atoms with van der Waals surface area (Å²) >= 11 is 0. The van der Waals surface area contributed by atoms with Crippen LogP contribution in [-0.2, 0) is 22.7 Å². The zero-order valence-electron chi connectivity index (χ0n) is 22.7. The fraction of sp³-hybridized carbons (Fsp3) is 0.533. The Labute approximate surface area is 225 Å². The first kappa shape index (κ1) is 28.1. The van der Waals surface area contributed by atoms with Gasteiger partial charge in [0.15, 0.2) is 0 Å². The third-order valence-electron chi connectivity index (χ3n) is 7.87. The first-order valence-electron chi connectivity index (χ1n) is 13.8. The van der Waals surface area contributed by atoms with Crippen molar-refractivity contribution >= 4 is 11.8 Å². The summed E-state index contributed by atoms with van der Waals surface area (Å²) in [7, 11) is 0. The fourth-order valence-electron chi connectivity index (χ4n) is 5.39. The van der Waals surface area contributed by atoms with Crippen LogP contribution in [0, 0.1) is 5.92 Å². The minimum atomic E-state index is -0.903. The molecular formula is C30H41N3O5. The summed E-state index contributed by atoms with van der Waals surface area (Å²) < 4.78 is 5.91. The van der Waals surface area contributed by atoms with E-state index in [1.54, 1.807) is 4.90 Å². The molecule has 2 atom stereocenters. The Morgan fingerprint density at radius 3 is 2.11 bits per heavy atom. The molecule has 0 aromatic heterocycles.